The number of benzene rings is 2. The molecule has 0 saturated carbocycles. The molecule has 5 rings (SSSR count). The fourth-order valence-corrected chi connectivity index (χ4v) is 7.69. The van der Waals surface area contributed by atoms with Crippen LogP contribution in [-0.4, -0.2) is 88.8 Å². The molecule has 0 spiro atoms. The van der Waals surface area contributed by atoms with Crippen LogP contribution in [0, 0.1) is 11.8 Å². The van der Waals surface area contributed by atoms with Gasteiger partial charge in [0, 0.05) is 44.9 Å². The molecule has 232 valence electrons. The summed E-state index contributed by atoms with van der Waals surface area (Å²) in [7, 11) is 6.84. The maximum Gasteiger partial charge on any atom is 0.161 e. The number of ether oxygens (including phenoxy) is 5. The van der Waals surface area contributed by atoms with Crippen LogP contribution in [0.25, 0.3) is 0 Å². The molecule has 0 radical (unpaired) electrons. The predicted molar refractivity (Wildman–Crippen MR) is 164 cm³/mol. The van der Waals surface area contributed by atoms with E-state index in [4.69, 9.17) is 23.7 Å². The van der Waals surface area contributed by atoms with E-state index in [9.17, 15) is 5.11 Å². The summed E-state index contributed by atoms with van der Waals surface area (Å²) in [5.74, 6) is 4.32. The first-order valence-corrected chi connectivity index (χ1v) is 15.7. The van der Waals surface area contributed by atoms with Crippen molar-refractivity contribution >= 4 is 0 Å². The van der Waals surface area contributed by atoms with Crippen molar-refractivity contribution in [3.05, 3.63) is 46.5 Å². The summed E-state index contributed by atoms with van der Waals surface area (Å²) in [6, 6.07) is 9.30. The number of piperidine rings is 1. The molecule has 8 nitrogen and oxygen atoms in total. The van der Waals surface area contributed by atoms with Crippen LogP contribution in [0.15, 0.2) is 24.3 Å². The van der Waals surface area contributed by atoms with E-state index in [0.717, 1.165) is 74.7 Å². The number of rotatable bonds is 12. The van der Waals surface area contributed by atoms with E-state index in [0.29, 0.717) is 37.6 Å². The smallest absolute Gasteiger partial charge is 0.161 e. The standard InChI is InChI=1S/C34H50N2O6/c1-7-22-19-35-11-9-23-15-31(38-3)33(40-5)17-27(23)29(35)13-25(22)14-30-28-18-34(41-6)32(39-4)16-24(28)10-12-36(30)20-26(37)21-42-8-2/h15-18,22,25-26,29-30,37H,7-14,19-21H2,1-6H3. The van der Waals surface area contributed by atoms with Gasteiger partial charge in [-0.3, -0.25) is 9.80 Å². The zero-order valence-electron chi connectivity index (χ0n) is 26.4. The molecule has 1 saturated heterocycles. The van der Waals surface area contributed by atoms with Crippen molar-refractivity contribution in [3.8, 4) is 23.0 Å². The lowest BCUT2D eigenvalue weighted by Gasteiger charge is -2.49. The van der Waals surface area contributed by atoms with Gasteiger partial charge >= 0.3 is 0 Å². The second kappa shape index (κ2) is 13.8. The maximum atomic E-state index is 10.9. The Balaban J connectivity index is 1.47. The van der Waals surface area contributed by atoms with E-state index < -0.39 is 6.10 Å². The highest BCUT2D eigenvalue weighted by molar-refractivity contribution is 5.51. The second-order valence-electron chi connectivity index (χ2n) is 12.0. The first-order valence-electron chi connectivity index (χ1n) is 15.7. The molecular formula is C34H50N2O6. The molecule has 2 aromatic rings. The molecular weight excluding hydrogens is 532 g/mol. The molecule has 2 aromatic carbocycles. The SMILES string of the molecule is CCOCC(O)CN1CCc2cc(OC)c(OC)cc2C1CC1CC2c3cc(OC)c(OC)cc3CCN2CC1CC. The molecule has 8 heteroatoms. The van der Waals surface area contributed by atoms with Crippen molar-refractivity contribution in [1.82, 2.24) is 9.80 Å². The summed E-state index contributed by atoms with van der Waals surface area (Å²) in [4.78, 5) is 5.19. The molecule has 0 amide bonds. The topological polar surface area (TPSA) is 72.9 Å². The van der Waals surface area contributed by atoms with Gasteiger partial charge in [-0.2, -0.15) is 0 Å². The van der Waals surface area contributed by atoms with Gasteiger partial charge in [-0.05, 0) is 91.0 Å². The molecule has 5 atom stereocenters. The Bertz CT molecular complexity index is 1210. The molecule has 3 aliphatic heterocycles. The highest BCUT2D eigenvalue weighted by Gasteiger charge is 2.41. The van der Waals surface area contributed by atoms with Gasteiger partial charge in [-0.1, -0.05) is 13.3 Å². The number of β-amino-alcohol motifs (C(OH)–C–C–N with tert-alkyl or cyclic N) is 1. The third kappa shape index (κ3) is 6.23. The van der Waals surface area contributed by atoms with Crippen molar-refractivity contribution in [2.75, 3.05) is 67.8 Å². The Kier molecular flexibility index (Phi) is 10.2. The molecule has 0 aromatic heterocycles. The lowest BCUT2D eigenvalue weighted by molar-refractivity contribution is -0.00325. The third-order valence-corrected chi connectivity index (χ3v) is 9.90. The quantitative estimate of drug-likeness (QED) is 0.373. The van der Waals surface area contributed by atoms with E-state index in [-0.39, 0.29) is 6.04 Å². The van der Waals surface area contributed by atoms with Gasteiger partial charge in [0.25, 0.3) is 0 Å². The van der Waals surface area contributed by atoms with Gasteiger partial charge in [0.15, 0.2) is 23.0 Å². The van der Waals surface area contributed by atoms with Crippen molar-refractivity contribution in [3.63, 3.8) is 0 Å². The average Bonchev–Trinajstić information content (AvgIpc) is 3.02. The zero-order chi connectivity index (χ0) is 29.8. The lowest BCUT2D eigenvalue weighted by atomic mass is 9.72. The molecule has 5 unspecified atom stereocenters. The van der Waals surface area contributed by atoms with Crippen LogP contribution < -0.4 is 18.9 Å². The van der Waals surface area contributed by atoms with Gasteiger partial charge < -0.3 is 28.8 Å². The first kappa shape index (κ1) is 30.9. The fourth-order valence-electron chi connectivity index (χ4n) is 7.69. The van der Waals surface area contributed by atoms with E-state index >= 15 is 0 Å². The summed E-state index contributed by atoms with van der Waals surface area (Å²) in [5, 5.41) is 10.9. The van der Waals surface area contributed by atoms with Crippen LogP contribution in [-0.2, 0) is 17.6 Å². The molecule has 42 heavy (non-hydrogen) atoms. The van der Waals surface area contributed by atoms with Crippen molar-refractivity contribution in [2.45, 2.75) is 64.1 Å². The number of aliphatic hydroxyl groups is 1. The fraction of sp³-hybridized carbons (Fsp3) is 0.647. The number of hydrogen-bond donors (Lipinski definition) is 1. The number of fused-ring (bicyclic) bond motifs is 4. The summed E-state index contributed by atoms with van der Waals surface area (Å²) < 4.78 is 28.4. The average molecular weight is 583 g/mol. The first-order chi connectivity index (χ1) is 20.4. The largest absolute Gasteiger partial charge is 0.493 e. The molecule has 1 N–H and O–H groups in total. The van der Waals surface area contributed by atoms with Crippen LogP contribution in [0.4, 0.5) is 0 Å². The summed E-state index contributed by atoms with van der Waals surface area (Å²) in [6.07, 6.45) is 4.73. The highest BCUT2D eigenvalue weighted by atomic mass is 16.5. The number of nitrogens with zero attached hydrogens (tertiary/aromatic N) is 2. The number of aliphatic hydroxyl groups excluding tert-OH is 1. The third-order valence-electron chi connectivity index (χ3n) is 9.90. The van der Waals surface area contributed by atoms with Crippen LogP contribution in [0.1, 0.15) is 67.4 Å². The van der Waals surface area contributed by atoms with E-state index in [1.807, 2.05) is 6.92 Å². The molecule has 3 heterocycles. The minimum atomic E-state index is -0.523. The van der Waals surface area contributed by atoms with E-state index in [2.05, 4.69) is 41.0 Å². The lowest BCUT2D eigenvalue weighted by Crippen LogP contribution is -2.48. The predicted octanol–water partition coefficient (Wildman–Crippen LogP) is 5.05. The van der Waals surface area contributed by atoms with Gasteiger partial charge in [-0.25, -0.2) is 0 Å². The Hall–Kier alpha value is -2.52. The number of methoxy groups -OCH3 is 4. The molecule has 3 aliphatic rings. The van der Waals surface area contributed by atoms with E-state index in [1.165, 1.54) is 22.3 Å². The van der Waals surface area contributed by atoms with Gasteiger partial charge in [0.1, 0.15) is 0 Å². The Morgan fingerprint density at radius 3 is 2.02 bits per heavy atom. The van der Waals surface area contributed by atoms with Crippen molar-refractivity contribution < 1.29 is 28.8 Å². The Labute approximate surface area is 251 Å². The minimum absolute atomic E-state index is 0.184. The molecule has 1 fully saturated rings. The summed E-state index contributed by atoms with van der Waals surface area (Å²) >= 11 is 0. The maximum absolute atomic E-state index is 10.9. The minimum Gasteiger partial charge on any atom is -0.493 e. The number of hydrogen-bond acceptors (Lipinski definition) is 8. The van der Waals surface area contributed by atoms with Gasteiger partial charge in [0.2, 0.25) is 0 Å². The Morgan fingerprint density at radius 2 is 1.40 bits per heavy atom. The summed E-state index contributed by atoms with van der Waals surface area (Å²) in [6.45, 7) is 8.96. The highest BCUT2D eigenvalue weighted by Crippen LogP contribution is 2.49. The molecule has 0 bridgehead atoms. The second-order valence-corrected chi connectivity index (χ2v) is 12.0. The van der Waals surface area contributed by atoms with Crippen LogP contribution in [0.3, 0.4) is 0 Å². The van der Waals surface area contributed by atoms with Crippen molar-refractivity contribution in [2.24, 2.45) is 11.8 Å². The van der Waals surface area contributed by atoms with Crippen LogP contribution in [0.5, 0.6) is 23.0 Å². The Morgan fingerprint density at radius 1 is 0.810 bits per heavy atom. The van der Waals surface area contributed by atoms with Crippen LogP contribution in [0.2, 0.25) is 0 Å². The van der Waals surface area contributed by atoms with Crippen molar-refractivity contribution in [1.29, 1.82) is 0 Å². The monoisotopic (exact) mass is 582 g/mol. The molecule has 0 aliphatic carbocycles. The van der Waals surface area contributed by atoms with Gasteiger partial charge in [0.05, 0.1) is 41.2 Å². The van der Waals surface area contributed by atoms with Gasteiger partial charge in [-0.15, -0.1) is 0 Å². The normalized spacial score (nSPS) is 24.7. The zero-order valence-corrected chi connectivity index (χ0v) is 26.4. The van der Waals surface area contributed by atoms with Crippen LogP contribution >= 0.6 is 0 Å². The summed E-state index contributed by atoms with van der Waals surface area (Å²) in [5.41, 5.74) is 5.38. The van der Waals surface area contributed by atoms with E-state index in [1.54, 1.807) is 28.4 Å².